The Morgan fingerprint density at radius 3 is 2.11 bits per heavy atom. The van der Waals surface area contributed by atoms with Gasteiger partial charge in [-0.3, -0.25) is 9.52 Å². The maximum absolute atomic E-state index is 12.7. The predicted molar refractivity (Wildman–Crippen MR) is 110 cm³/mol. The van der Waals surface area contributed by atoms with Gasteiger partial charge in [0.05, 0.1) is 10.6 Å². The van der Waals surface area contributed by atoms with Gasteiger partial charge in [0.25, 0.3) is 15.9 Å². The third kappa shape index (κ3) is 5.32. The van der Waals surface area contributed by atoms with E-state index in [-0.39, 0.29) is 10.8 Å². The van der Waals surface area contributed by atoms with E-state index in [1.807, 2.05) is 39.8 Å². The van der Waals surface area contributed by atoms with Crippen molar-refractivity contribution in [2.75, 3.05) is 17.8 Å². The first-order chi connectivity index (χ1) is 12.8. The van der Waals surface area contributed by atoms with Gasteiger partial charge in [-0.25, -0.2) is 8.42 Å². The van der Waals surface area contributed by atoms with E-state index in [1.54, 1.807) is 23.1 Å². The van der Waals surface area contributed by atoms with Gasteiger partial charge in [-0.2, -0.15) is 0 Å². The Morgan fingerprint density at radius 1 is 0.963 bits per heavy atom. The van der Waals surface area contributed by atoms with Crippen molar-refractivity contribution >= 4 is 21.6 Å². The number of aryl methyl sites for hydroxylation is 2. The van der Waals surface area contributed by atoms with Gasteiger partial charge in [0, 0.05) is 18.7 Å². The SMILES string of the molecule is CCCN(CCC)C(=O)c1ccc(S(=O)(=O)Nc2cc(C)ccc2C)cc1. The van der Waals surface area contributed by atoms with Gasteiger partial charge in [0.2, 0.25) is 0 Å². The highest BCUT2D eigenvalue weighted by molar-refractivity contribution is 7.92. The van der Waals surface area contributed by atoms with E-state index in [9.17, 15) is 13.2 Å². The van der Waals surface area contributed by atoms with Crippen molar-refractivity contribution in [3.63, 3.8) is 0 Å². The zero-order valence-electron chi connectivity index (χ0n) is 16.5. The molecule has 6 heteroatoms. The van der Waals surface area contributed by atoms with E-state index in [2.05, 4.69) is 4.72 Å². The number of hydrogen-bond acceptors (Lipinski definition) is 3. The summed E-state index contributed by atoms with van der Waals surface area (Å²) in [5.74, 6) is -0.0647. The topological polar surface area (TPSA) is 66.5 Å². The number of rotatable bonds is 8. The molecule has 0 bridgehead atoms. The molecule has 2 rings (SSSR count). The molecule has 0 aromatic heterocycles. The molecule has 0 unspecified atom stereocenters. The highest BCUT2D eigenvalue weighted by Crippen LogP contribution is 2.21. The molecule has 0 radical (unpaired) electrons. The molecule has 0 aliphatic rings. The summed E-state index contributed by atoms with van der Waals surface area (Å²) in [4.78, 5) is 14.6. The standard InChI is InChI=1S/C21H28N2O3S/c1-5-13-23(14-6-2)21(24)18-9-11-19(12-10-18)27(25,26)22-20-15-16(3)7-8-17(20)4/h7-12,15,22H,5-6,13-14H2,1-4H3. The first-order valence-electron chi connectivity index (χ1n) is 9.28. The third-order valence-corrected chi connectivity index (χ3v) is 5.70. The van der Waals surface area contributed by atoms with Crippen LogP contribution in [0.2, 0.25) is 0 Å². The van der Waals surface area contributed by atoms with E-state index in [4.69, 9.17) is 0 Å². The Labute approximate surface area is 162 Å². The number of nitrogens with zero attached hydrogens (tertiary/aromatic N) is 1. The van der Waals surface area contributed by atoms with E-state index in [1.165, 1.54) is 12.1 Å². The molecule has 27 heavy (non-hydrogen) atoms. The van der Waals surface area contributed by atoms with Crippen LogP contribution < -0.4 is 4.72 Å². The predicted octanol–water partition coefficient (Wildman–Crippen LogP) is 4.37. The van der Waals surface area contributed by atoms with E-state index in [0.717, 1.165) is 24.0 Å². The molecular formula is C21H28N2O3S. The van der Waals surface area contributed by atoms with Gasteiger partial charge in [-0.1, -0.05) is 26.0 Å². The number of carbonyl (C=O) groups is 1. The van der Waals surface area contributed by atoms with Crippen LogP contribution in [-0.4, -0.2) is 32.3 Å². The molecule has 146 valence electrons. The lowest BCUT2D eigenvalue weighted by atomic mass is 10.1. The normalized spacial score (nSPS) is 11.3. The van der Waals surface area contributed by atoms with E-state index < -0.39 is 10.0 Å². The van der Waals surface area contributed by atoms with Crippen LogP contribution in [0, 0.1) is 13.8 Å². The Hall–Kier alpha value is -2.34. The number of benzene rings is 2. The fourth-order valence-electron chi connectivity index (χ4n) is 2.86. The van der Waals surface area contributed by atoms with Crippen molar-refractivity contribution in [2.45, 2.75) is 45.4 Å². The zero-order chi connectivity index (χ0) is 20.0. The summed E-state index contributed by atoms with van der Waals surface area (Å²) in [6.45, 7) is 9.22. The fourth-order valence-corrected chi connectivity index (χ4v) is 3.99. The number of sulfonamides is 1. The number of carbonyl (C=O) groups excluding carboxylic acids is 1. The summed E-state index contributed by atoms with van der Waals surface area (Å²) in [5, 5.41) is 0. The summed E-state index contributed by atoms with van der Waals surface area (Å²) in [7, 11) is -3.71. The first-order valence-corrected chi connectivity index (χ1v) is 10.8. The van der Waals surface area contributed by atoms with Crippen LogP contribution in [0.5, 0.6) is 0 Å². The van der Waals surface area contributed by atoms with Crippen molar-refractivity contribution in [3.8, 4) is 0 Å². The summed E-state index contributed by atoms with van der Waals surface area (Å²) in [5.41, 5.74) is 2.90. The average Bonchev–Trinajstić information content (AvgIpc) is 2.64. The Balaban J connectivity index is 2.22. The Kier molecular flexibility index (Phi) is 7.02. The molecular weight excluding hydrogens is 360 g/mol. The molecule has 1 N–H and O–H groups in total. The number of nitrogens with one attached hydrogen (secondary N) is 1. The third-order valence-electron chi connectivity index (χ3n) is 4.32. The molecule has 0 spiro atoms. The molecule has 0 aliphatic heterocycles. The zero-order valence-corrected chi connectivity index (χ0v) is 17.3. The highest BCUT2D eigenvalue weighted by atomic mass is 32.2. The summed E-state index contributed by atoms with van der Waals surface area (Å²) >= 11 is 0. The van der Waals surface area contributed by atoms with Crippen LogP contribution in [0.15, 0.2) is 47.4 Å². The molecule has 0 aliphatic carbocycles. The van der Waals surface area contributed by atoms with Gasteiger partial charge >= 0.3 is 0 Å². The van der Waals surface area contributed by atoms with Crippen molar-refractivity contribution in [1.29, 1.82) is 0 Å². The molecule has 0 fully saturated rings. The highest BCUT2D eigenvalue weighted by Gasteiger charge is 2.18. The lowest BCUT2D eigenvalue weighted by Gasteiger charge is -2.21. The quantitative estimate of drug-likeness (QED) is 0.730. The smallest absolute Gasteiger partial charge is 0.261 e. The second kappa shape index (κ2) is 9.04. The first kappa shape index (κ1) is 21.0. The largest absolute Gasteiger partial charge is 0.339 e. The van der Waals surface area contributed by atoms with Gasteiger partial charge in [-0.05, 0) is 68.1 Å². The molecule has 2 aromatic rings. The van der Waals surface area contributed by atoms with Crippen LogP contribution in [0.3, 0.4) is 0 Å². The van der Waals surface area contributed by atoms with Crippen molar-refractivity contribution < 1.29 is 13.2 Å². The molecule has 0 atom stereocenters. The summed E-state index contributed by atoms with van der Waals surface area (Å²) < 4.78 is 28.0. The lowest BCUT2D eigenvalue weighted by Crippen LogP contribution is -2.32. The van der Waals surface area contributed by atoms with Crippen molar-refractivity contribution in [2.24, 2.45) is 0 Å². The monoisotopic (exact) mass is 388 g/mol. The van der Waals surface area contributed by atoms with Gasteiger partial charge in [0.15, 0.2) is 0 Å². The molecule has 2 aromatic carbocycles. The van der Waals surface area contributed by atoms with Gasteiger partial charge in [-0.15, -0.1) is 0 Å². The van der Waals surface area contributed by atoms with E-state index >= 15 is 0 Å². The average molecular weight is 389 g/mol. The van der Waals surface area contributed by atoms with Crippen LogP contribution in [-0.2, 0) is 10.0 Å². The van der Waals surface area contributed by atoms with Gasteiger partial charge < -0.3 is 4.90 Å². The second-order valence-electron chi connectivity index (χ2n) is 6.74. The molecule has 1 amide bonds. The minimum atomic E-state index is -3.71. The molecule has 5 nitrogen and oxygen atoms in total. The number of hydrogen-bond donors (Lipinski definition) is 1. The van der Waals surface area contributed by atoms with Gasteiger partial charge in [0.1, 0.15) is 0 Å². The minimum Gasteiger partial charge on any atom is -0.339 e. The Bertz CT molecular complexity index is 884. The second-order valence-corrected chi connectivity index (χ2v) is 8.42. The van der Waals surface area contributed by atoms with Crippen molar-refractivity contribution in [1.82, 2.24) is 4.90 Å². The maximum atomic E-state index is 12.7. The fraction of sp³-hybridized carbons (Fsp3) is 0.381. The van der Waals surface area contributed by atoms with E-state index in [0.29, 0.717) is 24.3 Å². The van der Waals surface area contributed by atoms with Crippen LogP contribution >= 0.6 is 0 Å². The maximum Gasteiger partial charge on any atom is 0.261 e. The van der Waals surface area contributed by atoms with Crippen molar-refractivity contribution in [3.05, 3.63) is 59.2 Å². The molecule has 0 saturated heterocycles. The number of amides is 1. The summed E-state index contributed by atoms with van der Waals surface area (Å²) in [6.07, 6.45) is 1.77. The lowest BCUT2D eigenvalue weighted by molar-refractivity contribution is 0.0755. The van der Waals surface area contributed by atoms with Crippen LogP contribution in [0.25, 0.3) is 0 Å². The Morgan fingerprint density at radius 2 is 1.56 bits per heavy atom. The summed E-state index contributed by atoms with van der Waals surface area (Å²) in [6, 6.07) is 11.7. The van der Waals surface area contributed by atoms with Crippen LogP contribution in [0.1, 0.15) is 48.2 Å². The number of anilines is 1. The molecule has 0 heterocycles. The molecule has 0 saturated carbocycles. The van der Waals surface area contributed by atoms with Crippen LogP contribution in [0.4, 0.5) is 5.69 Å². The minimum absolute atomic E-state index is 0.0647.